The summed E-state index contributed by atoms with van der Waals surface area (Å²) in [4.78, 5) is 0. The van der Waals surface area contributed by atoms with Crippen LogP contribution in [0.5, 0.6) is 0 Å². The number of halogens is 1. The number of nitrogens with one attached hydrogen (secondary N) is 1. The summed E-state index contributed by atoms with van der Waals surface area (Å²) in [6, 6.07) is 0. The van der Waals surface area contributed by atoms with E-state index in [4.69, 9.17) is 4.74 Å². The molecule has 0 radical (unpaired) electrons. The fourth-order valence-corrected chi connectivity index (χ4v) is 1.50. The lowest BCUT2D eigenvalue weighted by molar-refractivity contribution is 0.0380. The van der Waals surface area contributed by atoms with Gasteiger partial charge in [0.05, 0.1) is 6.10 Å². The third-order valence-corrected chi connectivity index (χ3v) is 2.44. The van der Waals surface area contributed by atoms with Crippen LogP contribution >= 0.6 is 15.9 Å². The number of rotatable bonds is 4. The van der Waals surface area contributed by atoms with Crippen LogP contribution in [0.3, 0.4) is 0 Å². The van der Waals surface area contributed by atoms with Crippen LogP contribution < -0.4 is 5.32 Å². The van der Waals surface area contributed by atoms with Gasteiger partial charge in [-0.3, -0.25) is 0 Å². The second-order valence-electron chi connectivity index (χ2n) is 2.88. The van der Waals surface area contributed by atoms with Crippen LogP contribution in [0, 0.1) is 0 Å². The van der Waals surface area contributed by atoms with Crippen LogP contribution in [0.1, 0.15) is 19.3 Å². The summed E-state index contributed by atoms with van der Waals surface area (Å²) in [5.41, 5.74) is 0. The predicted octanol–water partition coefficient (Wildman–Crippen LogP) is 1.54. The minimum absolute atomic E-state index is 0.475. The largest absolute Gasteiger partial charge is 0.377 e. The fourth-order valence-electron chi connectivity index (χ4n) is 1.27. The number of alkyl halides is 1. The Kier molecular flexibility index (Phi) is 5.15. The van der Waals surface area contributed by atoms with Gasteiger partial charge in [-0.2, -0.15) is 0 Å². The number of hydrogen-bond donors (Lipinski definition) is 1. The van der Waals surface area contributed by atoms with Crippen molar-refractivity contribution >= 4 is 15.9 Å². The Morgan fingerprint density at radius 3 is 3.09 bits per heavy atom. The molecule has 0 aromatic rings. The Hall–Kier alpha value is 0.400. The van der Waals surface area contributed by atoms with Crippen molar-refractivity contribution in [2.75, 3.05) is 25.0 Å². The van der Waals surface area contributed by atoms with E-state index >= 15 is 0 Å². The van der Waals surface area contributed by atoms with Gasteiger partial charge in [-0.15, -0.1) is 0 Å². The van der Waals surface area contributed by atoms with E-state index in [1.807, 2.05) is 0 Å². The third kappa shape index (κ3) is 4.09. The highest BCUT2D eigenvalue weighted by Crippen LogP contribution is 2.06. The van der Waals surface area contributed by atoms with Crippen LogP contribution in [-0.4, -0.2) is 31.1 Å². The molecule has 3 heteroatoms. The molecular weight excluding hydrogens is 206 g/mol. The topological polar surface area (TPSA) is 21.3 Å². The van der Waals surface area contributed by atoms with Crippen molar-refractivity contribution in [3.63, 3.8) is 0 Å². The fraction of sp³-hybridized carbons (Fsp3) is 1.00. The molecule has 2 nitrogen and oxygen atoms in total. The van der Waals surface area contributed by atoms with E-state index in [0.29, 0.717) is 6.10 Å². The van der Waals surface area contributed by atoms with E-state index in [9.17, 15) is 0 Å². The molecule has 0 aliphatic carbocycles. The lowest BCUT2D eigenvalue weighted by Crippen LogP contribution is -2.35. The van der Waals surface area contributed by atoms with Gasteiger partial charge < -0.3 is 10.1 Å². The third-order valence-electron chi connectivity index (χ3n) is 1.88. The minimum atomic E-state index is 0.475. The molecule has 1 N–H and O–H groups in total. The van der Waals surface area contributed by atoms with E-state index in [1.165, 1.54) is 12.8 Å². The Morgan fingerprint density at radius 2 is 2.45 bits per heavy atom. The summed E-state index contributed by atoms with van der Waals surface area (Å²) >= 11 is 3.38. The summed E-state index contributed by atoms with van der Waals surface area (Å²) in [7, 11) is 0. The van der Waals surface area contributed by atoms with Crippen molar-refractivity contribution in [3.05, 3.63) is 0 Å². The number of ether oxygens (including phenoxy) is 1. The van der Waals surface area contributed by atoms with Gasteiger partial charge in [-0.05, 0) is 25.8 Å². The molecule has 11 heavy (non-hydrogen) atoms. The molecule has 66 valence electrons. The smallest absolute Gasteiger partial charge is 0.0699 e. The molecule has 1 aliphatic rings. The molecule has 1 aliphatic heterocycles. The van der Waals surface area contributed by atoms with E-state index in [0.717, 1.165) is 31.4 Å². The van der Waals surface area contributed by atoms with Gasteiger partial charge in [-0.25, -0.2) is 0 Å². The van der Waals surface area contributed by atoms with Gasteiger partial charge in [0.2, 0.25) is 0 Å². The summed E-state index contributed by atoms with van der Waals surface area (Å²) in [6.45, 7) is 3.11. The van der Waals surface area contributed by atoms with Crippen molar-refractivity contribution in [1.29, 1.82) is 0 Å². The molecular formula is C8H16BrNO. The highest BCUT2D eigenvalue weighted by molar-refractivity contribution is 9.09. The zero-order chi connectivity index (χ0) is 7.94. The molecule has 0 saturated carbocycles. The lowest BCUT2D eigenvalue weighted by Gasteiger charge is -2.22. The highest BCUT2D eigenvalue weighted by Gasteiger charge is 2.11. The molecule has 1 saturated heterocycles. The van der Waals surface area contributed by atoms with Crippen molar-refractivity contribution in [2.45, 2.75) is 25.4 Å². The van der Waals surface area contributed by atoms with Gasteiger partial charge in [0.15, 0.2) is 0 Å². The average Bonchev–Trinajstić information content (AvgIpc) is 2.07. The second kappa shape index (κ2) is 5.98. The second-order valence-corrected chi connectivity index (χ2v) is 3.67. The molecule has 1 rings (SSSR count). The van der Waals surface area contributed by atoms with Crippen LogP contribution in [0.25, 0.3) is 0 Å². The maximum atomic E-state index is 5.63. The Labute approximate surface area is 76.8 Å². The van der Waals surface area contributed by atoms with Crippen molar-refractivity contribution in [1.82, 2.24) is 5.32 Å². The first kappa shape index (κ1) is 9.49. The lowest BCUT2D eigenvalue weighted by atomic mass is 10.1. The maximum Gasteiger partial charge on any atom is 0.0699 e. The first-order valence-corrected chi connectivity index (χ1v) is 5.44. The van der Waals surface area contributed by atoms with E-state index in [-0.39, 0.29) is 0 Å². The van der Waals surface area contributed by atoms with Gasteiger partial charge >= 0.3 is 0 Å². The number of piperidine rings is 1. The summed E-state index contributed by atoms with van der Waals surface area (Å²) in [5.74, 6) is 0. The van der Waals surface area contributed by atoms with Crippen molar-refractivity contribution in [3.8, 4) is 0 Å². The molecule has 1 unspecified atom stereocenters. The van der Waals surface area contributed by atoms with Crippen molar-refractivity contribution < 1.29 is 4.74 Å². The molecule has 0 amide bonds. The minimum Gasteiger partial charge on any atom is -0.377 e. The Morgan fingerprint density at radius 1 is 1.55 bits per heavy atom. The maximum absolute atomic E-state index is 5.63. The molecule has 0 spiro atoms. The normalized spacial score (nSPS) is 25.4. The summed E-state index contributed by atoms with van der Waals surface area (Å²) < 4.78 is 5.63. The first-order chi connectivity index (χ1) is 5.43. The Bertz CT molecular complexity index is 94.1. The summed E-state index contributed by atoms with van der Waals surface area (Å²) in [5, 5.41) is 4.37. The average molecular weight is 222 g/mol. The molecule has 0 aromatic heterocycles. The molecule has 0 aromatic carbocycles. The van der Waals surface area contributed by atoms with Crippen LogP contribution in [-0.2, 0) is 4.74 Å². The van der Waals surface area contributed by atoms with E-state index < -0.39 is 0 Å². The first-order valence-electron chi connectivity index (χ1n) is 4.32. The zero-order valence-corrected chi connectivity index (χ0v) is 8.40. The quantitative estimate of drug-likeness (QED) is 0.575. The van der Waals surface area contributed by atoms with Crippen LogP contribution in [0.15, 0.2) is 0 Å². The van der Waals surface area contributed by atoms with Crippen LogP contribution in [0.4, 0.5) is 0 Å². The zero-order valence-electron chi connectivity index (χ0n) is 6.81. The van der Waals surface area contributed by atoms with Gasteiger partial charge in [0.25, 0.3) is 0 Å². The van der Waals surface area contributed by atoms with E-state index in [1.54, 1.807) is 0 Å². The molecule has 1 atom stereocenters. The van der Waals surface area contributed by atoms with Gasteiger partial charge in [-0.1, -0.05) is 15.9 Å². The van der Waals surface area contributed by atoms with Crippen LogP contribution in [0.2, 0.25) is 0 Å². The van der Waals surface area contributed by atoms with E-state index in [2.05, 4.69) is 21.2 Å². The van der Waals surface area contributed by atoms with Crippen molar-refractivity contribution in [2.24, 2.45) is 0 Å². The standard InChI is InChI=1S/C8H16BrNO/c9-4-2-6-11-8-3-1-5-10-7-8/h8,10H,1-7H2. The molecule has 1 fully saturated rings. The monoisotopic (exact) mass is 221 g/mol. The number of hydrogen-bond acceptors (Lipinski definition) is 2. The van der Waals surface area contributed by atoms with Gasteiger partial charge in [0, 0.05) is 18.5 Å². The predicted molar refractivity (Wildman–Crippen MR) is 50.3 cm³/mol. The molecule has 1 heterocycles. The highest BCUT2D eigenvalue weighted by atomic mass is 79.9. The van der Waals surface area contributed by atoms with Gasteiger partial charge in [0.1, 0.15) is 0 Å². The SMILES string of the molecule is BrCCCOC1CCCNC1. The summed E-state index contributed by atoms with van der Waals surface area (Å²) in [6.07, 6.45) is 4.09. The molecule has 0 bridgehead atoms. The Balaban J connectivity index is 1.96.